The summed E-state index contributed by atoms with van der Waals surface area (Å²) in [7, 11) is 1.69. The molecular weight excluding hydrogens is 262 g/mol. The normalized spacial score (nSPS) is 12.1. The molecule has 0 saturated carbocycles. The van der Waals surface area contributed by atoms with E-state index in [0.717, 1.165) is 30.7 Å². The van der Waals surface area contributed by atoms with Gasteiger partial charge in [0.15, 0.2) is 0 Å². The van der Waals surface area contributed by atoms with Gasteiger partial charge >= 0.3 is 0 Å². The Kier molecular flexibility index (Phi) is 6.25. The zero-order valence-electron chi connectivity index (χ0n) is 12.5. The number of rotatable bonds is 8. The maximum absolute atomic E-state index is 9.08. The van der Waals surface area contributed by atoms with Crippen molar-refractivity contribution in [2.75, 3.05) is 13.7 Å². The van der Waals surface area contributed by atoms with Crippen LogP contribution in [0.4, 0.5) is 0 Å². The molecule has 0 aliphatic rings. The van der Waals surface area contributed by atoms with Crippen molar-refractivity contribution < 1.29 is 9.84 Å². The molecule has 2 rings (SSSR count). The van der Waals surface area contributed by atoms with Crippen molar-refractivity contribution in [3.05, 3.63) is 65.7 Å². The second-order valence-corrected chi connectivity index (χ2v) is 5.02. The molecule has 0 amide bonds. The minimum Gasteiger partial charge on any atom is -0.496 e. The Labute approximate surface area is 126 Å². The van der Waals surface area contributed by atoms with E-state index in [-0.39, 0.29) is 12.6 Å². The van der Waals surface area contributed by atoms with Gasteiger partial charge in [0.1, 0.15) is 5.75 Å². The number of aliphatic hydroxyl groups is 1. The average molecular weight is 285 g/mol. The van der Waals surface area contributed by atoms with Crippen LogP contribution in [-0.2, 0) is 6.54 Å². The van der Waals surface area contributed by atoms with Gasteiger partial charge in [0.25, 0.3) is 0 Å². The Hall–Kier alpha value is -1.84. The first-order valence-electron chi connectivity index (χ1n) is 7.36. The van der Waals surface area contributed by atoms with E-state index in [1.165, 1.54) is 5.56 Å². The van der Waals surface area contributed by atoms with Gasteiger partial charge in [0, 0.05) is 24.8 Å². The number of nitrogens with one attached hydrogen (secondary N) is 1. The van der Waals surface area contributed by atoms with E-state index in [1.54, 1.807) is 7.11 Å². The predicted octanol–water partition coefficient (Wildman–Crippen LogP) is 3.30. The number of hydrogen-bond donors (Lipinski definition) is 2. The number of aliphatic hydroxyl groups excluding tert-OH is 1. The van der Waals surface area contributed by atoms with Crippen LogP contribution in [0, 0.1) is 0 Å². The van der Waals surface area contributed by atoms with Crippen LogP contribution >= 0.6 is 0 Å². The fraction of sp³-hybridized carbons (Fsp3) is 0.333. The van der Waals surface area contributed by atoms with Crippen LogP contribution in [0.2, 0.25) is 0 Å². The standard InChI is InChI=1S/C18H23NO2/c1-21-18-12-6-5-10-16(18)14-19-17(11-7-13-20)15-8-3-2-4-9-15/h2-6,8-10,12,17,19-20H,7,11,13-14H2,1H3. The van der Waals surface area contributed by atoms with E-state index in [4.69, 9.17) is 9.84 Å². The van der Waals surface area contributed by atoms with E-state index in [9.17, 15) is 0 Å². The van der Waals surface area contributed by atoms with Gasteiger partial charge in [-0.25, -0.2) is 0 Å². The highest BCUT2D eigenvalue weighted by molar-refractivity contribution is 5.33. The molecule has 112 valence electrons. The number of ether oxygens (including phenoxy) is 1. The van der Waals surface area contributed by atoms with Crippen LogP contribution in [0.25, 0.3) is 0 Å². The minimum absolute atomic E-state index is 0.222. The molecule has 21 heavy (non-hydrogen) atoms. The molecule has 3 heteroatoms. The van der Waals surface area contributed by atoms with Crippen LogP contribution in [0.5, 0.6) is 5.75 Å². The third kappa shape index (κ3) is 4.59. The van der Waals surface area contributed by atoms with Gasteiger partial charge in [-0.3, -0.25) is 0 Å². The molecular formula is C18H23NO2. The van der Waals surface area contributed by atoms with E-state index < -0.39 is 0 Å². The maximum Gasteiger partial charge on any atom is 0.123 e. The highest BCUT2D eigenvalue weighted by Crippen LogP contribution is 2.21. The van der Waals surface area contributed by atoms with Gasteiger partial charge in [-0.15, -0.1) is 0 Å². The third-order valence-corrected chi connectivity index (χ3v) is 3.58. The van der Waals surface area contributed by atoms with Gasteiger partial charge in [-0.05, 0) is 24.5 Å². The predicted molar refractivity (Wildman–Crippen MR) is 85.3 cm³/mol. The monoisotopic (exact) mass is 285 g/mol. The first kappa shape index (κ1) is 15.5. The van der Waals surface area contributed by atoms with Crippen LogP contribution < -0.4 is 10.1 Å². The van der Waals surface area contributed by atoms with Crippen LogP contribution in [0.3, 0.4) is 0 Å². The van der Waals surface area contributed by atoms with Crippen LogP contribution in [-0.4, -0.2) is 18.8 Å². The van der Waals surface area contributed by atoms with E-state index in [2.05, 4.69) is 23.5 Å². The van der Waals surface area contributed by atoms with Gasteiger partial charge in [-0.2, -0.15) is 0 Å². The van der Waals surface area contributed by atoms with Crippen molar-refractivity contribution in [1.29, 1.82) is 0 Å². The number of para-hydroxylation sites is 1. The first-order chi connectivity index (χ1) is 10.3. The molecule has 3 nitrogen and oxygen atoms in total. The summed E-state index contributed by atoms with van der Waals surface area (Å²) in [6.07, 6.45) is 1.70. The highest BCUT2D eigenvalue weighted by Gasteiger charge is 2.11. The molecule has 0 radical (unpaired) electrons. The molecule has 2 aromatic carbocycles. The SMILES string of the molecule is COc1ccccc1CNC(CCCO)c1ccccc1. The summed E-state index contributed by atoms with van der Waals surface area (Å²) in [5.41, 5.74) is 2.39. The van der Waals surface area contributed by atoms with Crippen molar-refractivity contribution in [3.8, 4) is 5.75 Å². The Morgan fingerprint density at radius 2 is 1.76 bits per heavy atom. The van der Waals surface area contributed by atoms with E-state index in [1.807, 2.05) is 36.4 Å². The summed E-state index contributed by atoms with van der Waals surface area (Å²) in [5, 5.41) is 12.7. The second-order valence-electron chi connectivity index (χ2n) is 5.02. The zero-order valence-corrected chi connectivity index (χ0v) is 12.5. The highest BCUT2D eigenvalue weighted by atomic mass is 16.5. The summed E-state index contributed by atoms with van der Waals surface area (Å²) < 4.78 is 5.38. The maximum atomic E-state index is 9.08. The molecule has 0 aliphatic heterocycles. The lowest BCUT2D eigenvalue weighted by Crippen LogP contribution is -2.21. The fourth-order valence-corrected chi connectivity index (χ4v) is 2.45. The zero-order chi connectivity index (χ0) is 14.9. The lowest BCUT2D eigenvalue weighted by Gasteiger charge is -2.20. The summed E-state index contributed by atoms with van der Waals surface area (Å²) in [6.45, 7) is 0.967. The summed E-state index contributed by atoms with van der Waals surface area (Å²) in [5.74, 6) is 0.902. The number of methoxy groups -OCH3 is 1. The van der Waals surface area contributed by atoms with Crippen molar-refractivity contribution in [3.63, 3.8) is 0 Å². The summed E-state index contributed by atoms with van der Waals surface area (Å²) >= 11 is 0. The second kappa shape index (κ2) is 8.45. The molecule has 0 aliphatic carbocycles. The lowest BCUT2D eigenvalue weighted by molar-refractivity contribution is 0.274. The minimum atomic E-state index is 0.222. The molecule has 2 aromatic rings. The molecule has 0 bridgehead atoms. The number of hydrogen-bond acceptors (Lipinski definition) is 3. The summed E-state index contributed by atoms with van der Waals surface area (Å²) in [4.78, 5) is 0. The van der Waals surface area contributed by atoms with Crippen molar-refractivity contribution in [2.24, 2.45) is 0 Å². The van der Waals surface area contributed by atoms with E-state index >= 15 is 0 Å². The average Bonchev–Trinajstić information content (AvgIpc) is 2.56. The Morgan fingerprint density at radius 3 is 2.48 bits per heavy atom. The molecule has 0 fully saturated rings. The Balaban J connectivity index is 2.05. The molecule has 2 N–H and O–H groups in total. The largest absolute Gasteiger partial charge is 0.496 e. The van der Waals surface area contributed by atoms with Gasteiger partial charge in [-0.1, -0.05) is 48.5 Å². The van der Waals surface area contributed by atoms with Crippen molar-refractivity contribution >= 4 is 0 Å². The van der Waals surface area contributed by atoms with Crippen molar-refractivity contribution in [2.45, 2.75) is 25.4 Å². The molecule has 0 aromatic heterocycles. The number of benzene rings is 2. The van der Waals surface area contributed by atoms with E-state index in [0.29, 0.717) is 0 Å². The van der Waals surface area contributed by atoms with Gasteiger partial charge < -0.3 is 15.2 Å². The summed E-state index contributed by atoms with van der Waals surface area (Å²) in [6, 6.07) is 18.6. The quantitative estimate of drug-likeness (QED) is 0.782. The first-order valence-corrected chi connectivity index (χ1v) is 7.36. The third-order valence-electron chi connectivity index (χ3n) is 3.58. The molecule has 0 saturated heterocycles. The lowest BCUT2D eigenvalue weighted by atomic mass is 10.0. The molecule has 0 spiro atoms. The Morgan fingerprint density at radius 1 is 1.05 bits per heavy atom. The van der Waals surface area contributed by atoms with Crippen LogP contribution in [0.15, 0.2) is 54.6 Å². The Bertz CT molecular complexity index is 528. The van der Waals surface area contributed by atoms with Gasteiger partial charge in [0.05, 0.1) is 7.11 Å². The molecule has 1 unspecified atom stereocenters. The fourth-order valence-electron chi connectivity index (χ4n) is 2.45. The van der Waals surface area contributed by atoms with Crippen LogP contribution in [0.1, 0.15) is 30.0 Å². The van der Waals surface area contributed by atoms with Gasteiger partial charge in [0.2, 0.25) is 0 Å². The smallest absolute Gasteiger partial charge is 0.123 e. The topological polar surface area (TPSA) is 41.5 Å². The molecule has 1 atom stereocenters. The van der Waals surface area contributed by atoms with Crippen molar-refractivity contribution in [1.82, 2.24) is 5.32 Å². The molecule has 0 heterocycles.